The molecule has 0 aliphatic heterocycles. The van der Waals surface area contributed by atoms with Gasteiger partial charge in [0, 0.05) is 24.7 Å². The summed E-state index contributed by atoms with van der Waals surface area (Å²) in [5.74, 6) is -0.591. The summed E-state index contributed by atoms with van der Waals surface area (Å²) in [6.07, 6.45) is 4.66. The molecule has 0 spiro atoms. The SMILES string of the molecule is CCC(C)CC(=O)C(=O)[C@H](Cc1cnc[nH]1)NOC. The first-order valence-corrected chi connectivity index (χ1v) is 6.41. The number of ketones is 2. The normalized spacial score (nSPS) is 14.1. The lowest BCUT2D eigenvalue weighted by Crippen LogP contribution is -2.42. The Morgan fingerprint density at radius 3 is 2.79 bits per heavy atom. The van der Waals surface area contributed by atoms with Gasteiger partial charge in [-0.25, -0.2) is 4.98 Å². The molecule has 0 aromatic carbocycles. The molecule has 0 saturated carbocycles. The van der Waals surface area contributed by atoms with Crippen LogP contribution in [0.4, 0.5) is 0 Å². The first-order chi connectivity index (χ1) is 9.08. The lowest BCUT2D eigenvalue weighted by atomic mass is 9.96. The van der Waals surface area contributed by atoms with Crippen molar-refractivity contribution in [3.63, 3.8) is 0 Å². The molecule has 0 fully saturated rings. The van der Waals surface area contributed by atoms with Crippen LogP contribution in [0.15, 0.2) is 12.5 Å². The van der Waals surface area contributed by atoms with E-state index in [4.69, 9.17) is 4.84 Å². The quantitative estimate of drug-likeness (QED) is 0.516. The van der Waals surface area contributed by atoms with Crippen LogP contribution in [-0.2, 0) is 20.8 Å². The van der Waals surface area contributed by atoms with Crippen LogP contribution in [0.5, 0.6) is 0 Å². The van der Waals surface area contributed by atoms with Crippen LogP contribution in [0.3, 0.4) is 0 Å². The average Bonchev–Trinajstić information content (AvgIpc) is 2.90. The fourth-order valence-corrected chi connectivity index (χ4v) is 1.70. The summed E-state index contributed by atoms with van der Waals surface area (Å²) in [7, 11) is 1.42. The van der Waals surface area contributed by atoms with Crippen molar-refractivity contribution in [1.82, 2.24) is 15.4 Å². The number of imidazole rings is 1. The van der Waals surface area contributed by atoms with Gasteiger partial charge in [0.05, 0.1) is 13.4 Å². The number of hydroxylamine groups is 1. The van der Waals surface area contributed by atoms with Gasteiger partial charge in [0.2, 0.25) is 5.78 Å². The van der Waals surface area contributed by atoms with E-state index >= 15 is 0 Å². The Bertz CT molecular complexity index is 403. The molecule has 1 aromatic heterocycles. The third-order valence-corrected chi connectivity index (χ3v) is 3.06. The molecule has 0 amide bonds. The molecule has 19 heavy (non-hydrogen) atoms. The van der Waals surface area contributed by atoms with Gasteiger partial charge < -0.3 is 9.82 Å². The van der Waals surface area contributed by atoms with Gasteiger partial charge in [-0.2, -0.15) is 5.48 Å². The van der Waals surface area contributed by atoms with Crippen LogP contribution >= 0.6 is 0 Å². The van der Waals surface area contributed by atoms with E-state index in [2.05, 4.69) is 15.4 Å². The molecule has 2 N–H and O–H groups in total. The summed E-state index contributed by atoms with van der Waals surface area (Å²) in [6.45, 7) is 3.96. The van der Waals surface area contributed by atoms with Gasteiger partial charge >= 0.3 is 0 Å². The van der Waals surface area contributed by atoms with Crippen LogP contribution in [-0.4, -0.2) is 34.7 Å². The summed E-state index contributed by atoms with van der Waals surface area (Å²) in [4.78, 5) is 35.6. The maximum atomic E-state index is 12.1. The molecule has 1 aromatic rings. The molecule has 1 unspecified atom stereocenters. The smallest absolute Gasteiger partial charge is 0.217 e. The van der Waals surface area contributed by atoms with Gasteiger partial charge in [0.1, 0.15) is 6.04 Å². The number of carbonyl (C=O) groups excluding carboxylic acids is 2. The second-order valence-corrected chi connectivity index (χ2v) is 4.66. The van der Waals surface area contributed by atoms with Crippen LogP contribution in [0.25, 0.3) is 0 Å². The minimum Gasteiger partial charge on any atom is -0.348 e. The maximum Gasteiger partial charge on any atom is 0.217 e. The minimum atomic E-state index is -0.679. The molecule has 6 heteroatoms. The van der Waals surface area contributed by atoms with Crippen LogP contribution < -0.4 is 5.48 Å². The predicted octanol–water partition coefficient (Wildman–Crippen LogP) is 1.05. The van der Waals surface area contributed by atoms with Crippen molar-refractivity contribution in [1.29, 1.82) is 0 Å². The Labute approximate surface area is 112 Å². The summed E-state index contributed by atoms with van der Waals surface area (Å²) in [5, 5.41) is 0. The third kappa shape index (κ3) is 4.92. The van der Waals surface area contributed by atoms with E-state index in [-0.39, 0.29) is 18.1 Å². The Kier molecular flexibility index (Phi) is 6.38. The molecule has 0 radical (unpaired) electrons. The molecule has 0 aliphatic rings. The second kappa shape index (κ2) is 7.81. The molecule has 0 bridgehead atoms. The summed E-state index contributed by atoms with van der Waals surface area (Å²) in [5.41, 5.74) is 3.35. The first kappa shape index (κ1) is 15.5. The second-order valence-electron chi connectivity index (χ2n) is 4.66. The number of aromatic amines is 1. The van der Waals surface area contributed by atoms with Gasteiger partial charge in [0.25, 0.3) is 0 Å². The number of hydrogen-bond acceptors (Lipinski definition) is 5. The highest BCUT2D eigenvalue weighted by Crippen LogP contribution is 2.09. The highest BCUT2D eigenvalue weighted by molar-refractivity contribution is 6.39. The van der Waals surface area contributed by atoms with Crippen LogP contribution in [0.1, 0.15) is 32.4 Å². The van der Waals surface area contributed by atoms with Gasteiger partial charge in [-0.1, -0.05) is 20.3 Å². The largest absolute Gasteiger partial charge is 0.348 e. The van der Waals surface area contributed by atoms with Crippen molar-refractivity contribution in [2.45, 2.75) is 39.2 Å². The topological polar surface area (TPSA) is 84.1 Å². The predicted molar refractivity (Wildman–Crippen MR) is 70.3 cm³/mol. The van der Waals surface area contributed by atoms with Crippen molar-refractivity contribution >= 4 is 11.6 Å². The molecule has 106 valence electrons. The summed E-state index contributed by atoms with van der Waals surface area (Å²) in [6, 6.07) is -0.679. The lowest BCUT2D eigenvalue weighted by molar-refractivity contribution is -0.140. The van der Waals surface area contributed by atoms with E-state index in [1.165, 1.54) is 13.4 Å². The highest BCUT2D eigenvalue weighted by atomic mass is 16.6. The summed E-state index contributed by atoms with van der Waals surface area (Å²) < 4.78 is 0. The molecular weight excluding hydrogens is 246 g/mol. The first-order valence-electron chi connectivity index (χ1n) is 6.41. The number of hydrogen-bond donors (Lipinski definition) is 2. The van der Waals surface area contributed by atoms with Gasteiger partial charge in [0.15, 0.2) is 5.78 Å². The molecule has 0 aliphatic carbocycles. The zero-order chi connectivity index (χ0) is 14.3. The number of nitrogens with one attached hydrogen (secondary N) is 2. The Balaban J connectivity index is 2.64. The molecule has 6 nitrogen and oxygen atoms in total. The van der Waals surface area contributed by atoms with Crippen molar-refractivity contribution in [3.05, 3.63) is 18.2 Å². The van der Waals surface area contributed by atoms with E-state index in [1.807, 2.05) is 13.8 Å². The number of rotatable bonds is 9. The minimum absolute atomic E-state index is 0.215. The maximum absolute atomic E-state index is 12.1. The van der Waals surface area contributed by atoms with Gasteiger partial charge in [-0.05, 0) is 5.92 Å². The van der Waals surface area contributed by atoms with E-state index in [0.29, 0.717) is 6.42 Å². The Morgan fingerprint density at radius 1 is 1.53 bits per heavy atom. The van der Waals surface area contributed by atoms with Gasteiger partial charge in [-0.15, -0.1) is 0 Å². The van der Waals surface area contributed by atoms with Gasteiger partial charge in [-0.3, -0.25) is 9.59 Å². The molecule has 0 saturated heterocycles. The van der Waals surface area contributed by atoms with E-state index in [0.717, 1.165) is 12.1 Å². The third-order valence-electron chi connectivity index (χ3n) is 3.06. The van der Waals surface area contributed by atoms with E-state index in [1.54, 1.807) is 6.20 Å². The van der Waals surface area contributed by atoms with E-state index in [9.17, 15) is 9.59 Å². The number of aromatic nitrogens is 2. The molecule has 2 atom stereocenters. The van der Waals surface area contributed by atoms with Crippen molar-refractivity contribution < 1.29 is 14.4 Å². The Hall–Kier alpha value is -1.53. The van der Waals surface area contributed by atoms with Crippen molar-refractivity contribution in [2.24, 2.45) is 5.92 Å². The molecular formula is C13H21N3O3. The fraction of sp³-hybridized carbons (Fsp3) is 0.615. The van der Waals surface area contributed by atoms with Crippen LogP contribution in [0, 0.1) is 5.92 Å². The monoisotopic (exact) mass is 267 g/mol. The van der Waals surface area contributed by atoms with Crippen molar-refractivity contribution in [3.8, 4) is 0 Å². The lowest BCUT2D eigenvalue weighted by Gasteiger charge is -2.15. The number of carbonyl (C=O) groups is 2. The zero-order valence-corrected chi connectivity index (χ0v) is 11.6. The summed E-state index contributed by atoms with van der Waals surface area (Å²) >= 11 is 0. The highest BCUT2D eigenvalue weighted by Gasteiger charge is 2.26. The Morgan fingerprint density at radius 2 is 2.26 bits per heavy atom. The number of Topliss-reactive ketones (excluding diaryl/α,β-unsaturated/α-hetero) is 2. The number of nitrogens with zero attached hydrogens (tertiary/aromatic N) is 1. The van der Waals surface area contributed by atoms with Crippen LogP contribution in [0.2, 0.25) is 0 Å². The molecule has 1 heterocycles. The van der Waals surface area contributed by atoms with Crippen molar-refractivity contribution in [2.75, 3.05) is 7.11 Å². The number of H-pyrrole nitrogens is 1. The molecule has 1 rings (SSSR count). The average molecular weight is 267 g/mol. The fourth-order valence-electron chi connectivity index (χ4n) is 1.70. The van der Waals surface area contributed by atoms with E-state index < -0.39 is 11.8 Å². The standard InChI is InChI=1S/C13H21N3O3/c1-4-9(2)5-12(17)13(18)11(16-19-3)6-10-7-14-8-15-10/h7-9,11,16H,4-6H2,1-3H3,(H,14,15)/t9?,11-/m0/s1. The zero-order valence-electron chi connectivity index (χ0n) is 11.6.